The van der Waals surface area contributed by atoms with Crippen LogP contribution in [0.1, 0.15) is 44.9 Å². The van der Waals surface area contributed by atoms with Crippen LogP contribution >= 0.6 is 11.3 Å². The van der Waals surface area contributed by atoms with Gasteiger partial charge in [0.25, 0.3) is 0 Å². The second-order valence-corrected chi connectivity index (χ2v) is 10.5. The molecule has 1 unspecified atom stereocenters. The Balaban J connectivity index is 1.16. The van der Waals surface area contributed by atoms with E-state index in [9.17, 15) is 19.2 Å². The lowest BCUT2D eigenvalue weighted by atomic mass is 9.57. The van der Waals surface area contributed by atoms with Gasteiger partial charge in [0.15, 0.2) is 5.13 Å². The van der Waals surface area contributed by atoms with Gasteiger partial charge in [0.2, 0.25) is 11.8 Å². The van der Waals surface area contributed by atoms with E-state index in [0.29, 0.717) is 5.13 Å². The first-order valence-electron chi connectivity index (χ1n) is 11.7. The van der Waals surface area contributed by atoms with Crippen molar-refractivity contribution in [2.24, 2.45) is 5.41 Å². The molecule has 178 valence electrons. The molecule has 3 saturated carbocycles. The summed E-state index contributed by atoms with van der Waals surface area (Å²) in [6.45, 7) is 0.0906. The van der Waals surface area contributed by atoms with Crippen molar-refractivity contribution >= 4 is 28.3 Å². The van der Waals surface area contributed by atoms with Gasteiger partial charge in [-0.2, -0.15) is 5.26 Å². The van der Waals surface area contributed by atoms with Gasteiger partial charge in [-0.25, -0.2) is 9.37 Å². The summed E-state index contributed by atoms with van der Waals surface area (Å²) in [6.07, 6.45) is 5.32. The van der Waals surface area contributed by atoms with Crippen molar-refractivity contribution in [2.75, 3.05) is 18.4 Å². The molecule has 0 radical (unpaired) electrons. The first-order valence-corrected chi connectivity index (χ1v) is 12.6. The molecule has 3 aliphatic carbocycles. The van der Waals surface area contributed by atoms with Crippen molar-refractivity contribution in [3.8, 4) is 17.5 Å². The van der Waals surface area contributed by atoms with Gasteiger partial charge in [0.1, 0.15) is 17.9 Å². The standard InChI is InChI=1S/C24H27FN6O2S/c25-16-11-17(12-26)31(14-16)20(32)13-28-24-7-4-23(5-8-24,6-9-24)21(33)30-22-29-19(15-34-22)18-3-1-2-10-27-18/h1-3,10,15-17,28H,4-9,11,13-14H2,(H,29,30,33)/t16-,17?,23?,24?/m0/s1. The fraction of sp³-hybridized carbons (Fsp3) is 0.542. The lowest BCUT2D eigenvalue weighted by molar-refractivity contribution is -0.135. The first-order chi connectivity index (χ1) is 16.4. The number of aromatic nitrogens is 2. The van der Waals surface area contributed by atoms with Gasteiger partial charge >= 0.3 is 0 Å². The third-order valence-electron chi connectivity index (χ3n) is 7.71. The number of nitriles is 1. The summed E-state index contributed by atoms with van der Waals surface area (Å²) in [7, 11) is 0. The van der Waals surface area contributed by atoms with Crippen molar-refractivity contribution in [1.82, 2.24) is 20.2 Å². The molecular formula is C24H27FN6O2S. The van der Waals surface area contributed by atoms with Crippen LogP contribution in [0.3, 0.4) is 0 Å². The Hall–Kier alpha value is -2.90. The predicted octanol–water partition coefficient (Wildman–Crippen LogP) is 3.29. The van der Waals surface area contributed by atoms with Crippen LogP contribution in [0.25, 0.3) is 11.4 Å². The molecule has 10 heteroatoms. The average molecular weight is 483 g/mol. The van der Waals surface area contributed by atoms with Crippen LogP contribution in [0.4, 0.5) is 9.52 Å². The van der Waals surface area contributed by atoms with E-state index in [1.54, 1.807) is 6.20 Å². The van der Waals surface area contributed by atoms with Gasteiger partial charge in [0.05, 0.1) is 24.9 Å². The van der Waals surface area contributed by atoms with Gasteiger partial charge in [-0.3, -0.25) is 14.6 Å². The number of amides is 2. The number of hydrogen-bond acceptors (Lipinski definition) is 7. The van der Waals surface area contributed by atoms with Gasteiger partial charge in [-0.05, 0) is 50.7 Å². The van der Waals surface area contributed by atoms with E-state index in [1.165, 1.54) is 16.2 Å². The molecule has 8 nitrogen and oxygen atoms in total. The molecule has 0 spiro atoms. The van der Waals surface area contributed by atoms with E-state index in [4.69, 9.17) is 0 Å². The summed E-state index contributed by atoms with van der Waals surface area (Å²) in [5.41, 5.74) is 0.929. The summed E-state index contributed by atoms with van der Waals surface area (Å²) < 4.78 is 13.7. The lowest BCUT2D eigenvalue weighted by Gasteiger charge is -2.52. The van der Waals surface area contributed by atoms with Crippen molar-refractivity contribution in [3.05, 3.63) is 29.8 Å². The van der Waals surface area contributed by atoms with Crippen LogP contribution in [-0.4, -0.2) is 57.5 Å². The number of carbonyl (C=O) groups excluding carboxylic acids is 2. The smallest absolute Gasteiger partial charge is 0.237 e. The minimum absolute atomic E-state index is 0.00612. The second-order valence-electron chi connectivity index (χ2n) is 9.65. The number of thiazole rings is 1. The van der Waals surface area contributed by atoms with Gasteiger partial charge in [-0.15, -0.1) is 11.3 Å². The summed E-state index contributed by atoms with van der Waals surface area (Å²) in [5.74, 6) is -0.213. The predicted molar refractivity (Wildman–Crippen MR) is 125 cm³/mol. The monoisotopic (exact) mass is 482 g/mol. The molecule has 34 heavy (non-hydrogen) atoms. The molecule has 2 N–H and O–H groups in total. The SMILES string of the molecule is N#CC1C[C@H](F)CN1C(=O)CNC12CCC(C(=O)Nc3nc(-c4ccccn4)cs3)(CC1)CC2. The molecule has 1 aliphatic heterocycles. The number of anilines is 1. The van der Waals surface area contributed by atoms with Crippen molar-refractivity contribution in [2.45, 2.75) is 62.7 Å². The zero-order valence-electron chi connectivity index (χ0n) is 18.8. The average Bonchev–Trinajstić information content (AvgIpc) is 3.50. The van der Waals surface area contributed by atoms with Gasteiger partial charge in [-0.1, -0.05) is 6.07 Å². The number of fused-ring (bicyclic) bond motifs is 3. The number of nitrogens with zero attached hydrogens (tertiary/aromatic N) is 4. The van der Waals surface area contributed by atoms with E-state index < -0.39 is 17.6 Å². The Morgan fingerprint density at radius 2 is 1.97 bits per heavy atom. The molecule has 3 heterocycles. The lowest BCUT2D eigenvalue weighted by Crippen LogP contribution is -2.59. The largest absolute Gasteiger partial charge is 0.323 e. The fourth-order valence-corrected chi connectivity index (χ4v) is 6.23. The Bertz CT molecular complexity index is 1090. The van der Waals surface area contributed by atoms with Crippen molar-refractivity contribution in [1.29, 1.82) is 5.26 Å². The maximum atomic E-state index is 13.7. The number of halogens is 1. The van der Waals surface area contributed by atoms with Crippen LogP contribution < -0.4 is 10.6 Å². The maximum Gasteiger partial charge on any atom is 0.237 e. The summed E-state index contributed by atoms with van der Waals surface area (Å²) in [5, 5.41) is 18.1. The number of hydrogen-bond donors (Lipinski definition) is 2. The van der Waals surface area contributed by atoms with E-state index >= 15 is 0 Å². The number of likely N-dealkylation sites (tertiary alicyclic amines) is 1. The van der Waals surface area contributed by atoms with E-state index in [1.807, 2.05) is 29.6 Å². The maximum absolute atomic E-state index is 13.7. The highest BCUT2D eigenvalue weighted by molar-refractivity contribution is 7.14. The van der Waals surface area contributed by atoms with Crippen molar-refractivity contribution < 1.29 is 14.0 Å². The molecule has 4 fully saturated rings. The summed E-state index contributed by atoms with van der Waals surface area (Å²) in [6, 6.07) is 6.99. The Morgan fingerprint density at radius 1 is 1.21 bits per heavy atom. The fourth-order valence-electron chi connectivity index (χ4n) is 5.53. The molecular weight excluding hydrogens is 455 g/mol. The minimum atomic E-state index is -1.13. The van der Waals surface area contributed by atoms with Crippen LogP contribution in [0.5, 0.6) is 0 Å². The number of pyridine rings is 1. The van der Waals surface area contributed by atoms with Gasteiger partial charge in [0, 0.05) is 29.0 Å². The Morgan fingerprint density at radius 3 is 2.65 bits per heavy atom. The van der Waals surface area contributed by atoms with Crippen LogP contribution in [0.15, 0.2) is 29.8 Å². The number of alkyl halides is 1. The first kappa shape index (κ1) is 22.9. The molecule has 0 aromatic carbocycles. The second kappa shape index (κ2) is 9.04. The topological polar surface area (TPSA) is 111 Å². The molecule has 6 rings (SSSR count). The molecule has 2 atom stereocenters. The minimum Gasteiger partial charge on any atom is -0.323 e. The zero-order chi connectivity index (χ0) is 23.8. The highest BCUT2D eigenvalue weighted by Gasteiger charge is 2.52. The molecule has 2 amide bonds. The van der Waals surface area contributed by atoms with E-state index in [-0.39, 0.29) is 36.9 Å². The molecule has 2 bridgehead atoms. The normalized spacial score (nSPS) is 30.2. The highest BCUT2D eigenvalue weighted by atomic mass is 32.1. The quantitative estimate of drug-likeness (QED) is 0.654. The molecule has 2 aromatic rings. The molecule has 1 saturated heterocycles. The summed E-state index contributed by atoms with van der Waals surface area (Å²) >= 11 is 1.40. The molecule has 2 aromatic heterocycles. The van der Waals surface area contributed by atoms with Crippen LogP contribution in [0, 0.1) is 16.7 Å². The van der Waals surface area contributed by atoms with E-state index in [0.717, 1.165) is 49.9 Å². The Labute approximate surface area is 201 Å². The zero-order valence-corrected chi connectivity index (χ0v) is 19.6. The van der Waals surface area contributed by atoms with Crippen LogP contribution in [0.2, 0.25) is 0 Å². The number of carbonyl (C=O) groups is 2. The van der Waals surface area contributed by atoms with Crippen molar-refractivity contribution in [3.63, 3.8) is 0 Å². The highest BCUT2D eigenvalue weighted by Crippen LogP contribution is 2.52. The number of rotatable bonds is 6. The van der Waals surface area contributed by atoms with E-state index in [2.05, 4.69) is 20.6 Å². The van der Waals surface area contributed by atoms with Gasteiger partial charge < -0.3 is 15.5 Å². The molecule has 4 aliphatic rings. The number of nitrogens with one attached hydrogen (secondary N) is 2. The summed E-state index contributed by atoms with van der Waals surface area (Å²) in [4.78, 5) is 36.0. The Kier molecular flexibility index (Phi) is 6.08. The third-order valence-corrected chi connectivity index (χ3v) is 8.47. The van der Waals surface area contributed by atoms with Crippen LogP contribution in [-0.2, 0) is 9.59 Å². The third kappa shape index (κ3) is 4.30.